The number of nitrogens with zero attached hydrogens (tertiary/aromatic N) is 1. The van der Waals surface area contributed by atoms with Crippen LogP contribution in [0.5, 0.6) is 0 Å². The summed E-state index contributed by atoms with van der Waals surface area (Å²) in [6, 6.07) is 0. The maximum atomic E-state index is 13.2. The molecule has 6 atom stereocenters. The number of carbonyl (C=O) groups is 1. The average Bonchev–Trinajstić information content (AvgIpc) is 3.02. The van der Waals surface area contributed by atoms with Gasteiger partial charge in [0, 0.05) is 17.9 Å². The lowest BCUT2D eigenvalue weighted by Gasteiger charge is -2.54. The minimum Gasteiger partial charge on any atom is -0.295 e. The van der Waals surface area contributed by atoms with Crippen molar-refractivity contribution in [2.75, 3.05) is 0 Å². The molecule has 156 valence electrons. The average molecular weight is 393 g/mol. The molecular formula is C27H38NO+. The third-order valence-corrected chi connectivity index (χ3v) is 9.26. The van der Waals surface area contributed by atoms with Gasteiger partial charge in [0.15, 0.2) is 5.78 Å². The van der Waals surface area contributed by atoms with Gasteiger partial charge < -0.3 is 0 Å². The van der Waals surface area contributed by atoms with Crippen LogP contribution in [0.3, 0.4) is 0 Å². The quantitative estimate of drug-likeness (QED) is 0.472. The van der Waals surface area contributed by atoms with Gasteiger partial charge in [0.05, 0.1) is 5.41 Å². The number of fused-ring (bicyclic) bond motifs is 5. The van der Waals surface area contributed by atoms with E-state index in [2.05, 4.69) is 56.8 Å². The maximum Gasteiger partial charge on any atom is 0.308 e. The fourth-order valence-corrected chi connectivity index (χ4v) is 7.33. The Morgan fingerprint density at radius 1 is 1.17 bits per heavy atom. The van der Waals surface area contributed by atoms with E-state index in [-0.39, 0.29) is 22.3 Å². The molecule has 0 bridgehead atoms. The van der Waals surface area contributed by atoms with Crippen molar-refractivity contribution in [2.45, 2.75) is 84.6 Å². The van der Waals surface area contributed by atoms with Crippen molar-refractivity contribution in [3.63, 3.8) is 0 Å². The molecule has 4 aliphatic rings. The van der Waals surface area contributed by atoms with Crippen LogP contribution in [0.1, 0.15) is 79.1 Å². The standard InChI is InChI=1S/C27H38NO/c1-19(2)10-6-7-11-20-13-14-21-23-18-24(29)22-12-8-9-15-26(22,4)27(23,28-5)17-16-25(20,21)3/h5-9,18-22H,10-17H2,1-4H3/q+1/b7-6+/t20-,21?,22?,25+,26?,27+/m0/s1. The third-order valence-electron chi connectivity index (χ3n) is 9.26. The van der Waals surface area contributed by atoms with Gasteiger partial charge in [-0.25, -0.2) is 0 Å². The van der Waals surface area contributed by atoms with Gasteiger partial charge in [0.1, 0.15) is 0 Å². The van der Waals surface area contributed by atoms with Gasteiger partial charge in [0.25, 0.3) is 6.57 Å². The summed E-state index contributed by atoms with van der Waals surface area (Å²) in [7, 11) is 0. The molecule has 0 spiro atoms. The van der Waals surface area contributed by atoms with E-state index in [0.29, 0.717) is 17.6 Å². The molecule has 0 aromatic rings. The molecule has 2 heteroatoms. The Balaban J connectivity index is 1.66. The third kappa shape index (κ3) is 2.91. The Morgan fingerprint density at radius 2 is 1.97 bits per heavy atom. The summed E-state index contributed by atoms with van der Waals surface area (Å²) in [6.45, 7) is 15.5. The van der Waals surface area contributed by atoms with E-state index in [4.69, 9.17) is 6.57 Å². The zero-order valence-corrected chi connectivity index (χ0v) is 18.8. The highest BCUT2D eigenvalue weighted by atomic mass is 16.1. The zero-order chi connectivity index (χ0) is 20.9. The molecule has 0 aliphatic heterocycles. The Hall–Kier alpha value is -1.62. The fourth-order valence-electron chi connectivity index (χ4n) is 7.33. The smallest absolute Gasteiger partial charge is 0.295 e. The van der Waals surface area contributed by atoms with Gasteiger partial charge in [-0.15, -0.1) is 0 Å². The predicted octanol–water partition coefficient (Wildman–Crippen LogP) is 6.99. The molecule has 0 aromatic heterocycles. The molecule has 29 heavy (non-hydrogen) atoms. The van der Waals surface area contributed by atoms with E-state index < -0.39 is 0 Å². The highest BCUT2D eigenvalue weighted by Gasteiger charge is 2.72. The molecule has 2 nitrogen and oxygen atoms in total. The SMILES string of the molecule is C#[N+][C@]12CC[C@@]3(C)C(CC[C@@H]3C/C=C/CC(C)C)C1=CC(=O)C1CC=CCC12C. The molecule has 2 fully saturated rings. The molecule has 0 aromatic carbocycles. The largest absolute Gasteiger partial charge is 0.308 e. The van der Waals surface area contributed by atoms with Crippen LogP contribution in [0.4, 0.5) is 0 Å². The van der Waals surface area contributed by atoms with Crippen LogP contribution in [0, 0.1) is 41.1 Å². The van der Waals surface area contributed by atoms with Crippen LogP contribution >= 0.6 is 0 Å². The van der Waals surface area contributed by atoms with Crippen molar-refractivity contribution in [1.29, 1.82) is 0 Å². The van der Waals surface area contributed by atoms with Crippen molar-refractivity contribution < 1.29 is 4.79 Å². The molecule has 0 saturated heterocycles. The maximum absolute atomic E-state index is 13.2. The van der Waals surface area contributed by atoms with Crippen molar-refractivity contribution in [3.8, 4) is 6.57 Å². The van der Waals surface area contributed by atoms with Crippen molar-refractivity contribution >= 4 is 5.78 Å². The van der Waals surface area contributed by atoms with Gasteiger partial charge in [-0.05, 0) is 74.2 Å². The Kier molecular flexibility index (Phi) is 5.17. The zero-order valence-electron chi connectivity index (χ0n) is 18.8. The first kappa shape index (κ1) is 20.6. The summed E-state index contributed by atoms with van der Waals surface area (Å²) < 4.78 is 0. The monoisotopic (exact) mass is 392 g/mol. The van der Waals surface area contributed by atoms with Crippen LogP contribution < -0.4 is 0 Å². The second-order valence-electron chi connectivity index (χ2n) is 11.0. The van der Waals surface area contributed by atoms with Crippen LogP contribution in [0.2, 0.25) is 0 Å². The van der Waals surface area contributed by atoms with E-state index in [1.165, 1.54) is 24.8 Å². The first-order chi connectivity index (χ1) is 13.8. The second kappa shape index (κ2) is 7.26. The number of rotatable bonds is 4. The first-order valence-corrected chi connectivity index (χ1v) is 11.8. The molecule has 3 unspecified atom stereocenters. The summed E-state index contributed by atoms with van der Waals surface area (Å²) in [5.74, 6) is 2.20. The Bertz CT molecular complexity index is 811. The number of carbonyl (C=O) groups excluding carboxylic acids is 1. The fraction of sp³-hybridized carbons (Fsp3) is 0.704. The normalized spacial score (nSPS) is 43.7. The van der Waals surface area contributed by atoms with Crippen molar-refractivity contribution in [3.05, 3.63) is 40.8 Å². The van der Waals surface area contributed by atoms with Gasteiger partial charge >= 0.3 is 5.54 Å². The van der Waals surface area contributed by atoms with Crippen LogP contribution in [0.25, 0.3) is 4.85 Å². The van der Waals surface area contributed by atoms with Gasteiger partial charge in [0.2, 0.25) is 0 Å². The van der Waals surface area contributed by atoms with Gasteiger partial charge in [-0.3, -0.25) is 4.79 Å². The van der Waals surface area contributed by atoms with Crippen LogP contribution in [-0.2, 0) is 4.79 Å². The summed E-state index contributed by atoms with van der Waals surface area (Å²) in [5.41, 5.74) is 1.01. The van der Waals surface area contributed by atoms with Crippen molar-refractivity contribution in [2.24, 2.45) is 34.5 Å². The lowest BCUT2D eigenvalue weighted by Crippen LogP contribution is -2.60. The lowest BCUT2D eigenvalue weighted by atomic mass is 9.45. The Labute approximate surface area is 177 Å². The molecule has 4 rings (SSSR count). The van der Waals surface area contributed by atoms with Crippen molar-refractivity contribution in [1.82, 2.24) is 0 Å². The highest BCUT2D eigenvalue weighted by Crippen LogP contribution is 2.68. The van der Waals surface area contributed by atoms with Crippen LogP contribution in [0.15, 0.2) is 36.0 Å². The highest BCUT2D eigenvalue weighted by molar-refractivity contribution is 5.96. The number of allylic oxidation sites excluding steroid dienone is 5. The summed E-state index contributed by atoms with van der Waals surface area (Å²) >= 11 is 0. The minimum absolute atomic E-state index is 0.0315. The second-order valence-corrected chi connectivity index (χ2v) is 11.0. The number of hydrogen-bond acceptors (Lipinski definition) is 1. The summed E-state index contributed by atoms with van der Waals surface area (Å²) in [5, 5.41) is 0. The van der Waals surface area contributed by atoms with Crippen LogP contribution in [-0.4, -0.2) is 11.3 Å². The van der Waals surface area contributed by atoms with E-state index in [1.807, 2.05) is 6.08 Å². The number of ketones is 1. The lowest BCUT2D eigenvalue weighted by molar-refractivity contribution is -0.126. The summed E-state index contributed by atoms with van der Waals surface area (Å²) in [6.07, 6.45) is 19.9. The molecule has 0 amide bonds. The molecule has 0 N–H and O–H groups in total. The molecular weight excluding hydrogens is 354 g/mol. The van der Waals surface area contributed by atoms with Gasteiger partial charge in [-0.1, -0.05) is 56.8 Å². The topological polar surface area (TPSA) is 21.4 Å². The molecule has 0 heterocycles. The van der Waals surface area contributed by atoms with E-state index in [9.17, 15) is 4.79 Å². The van der Waals surface area contributed by atoms with Gasteiger partial charge in [-0.2, -0.15) is 0 Å². The molecule has 0 radical (unpaired) electrons. The Morgan fingerprint density at radius 3 is 2.69 bits per heavy atom. The van der Waals surface area contributed by atoms with E-state index in [0.717, 1.165) is 38.0 Å². The predicted molar refractivity (Wildman–Crippen MR) is 121 cm³/mol. The first-order valence-electron chi connectivity index (χ1n) is 11.8. The molecule has 2 saturated carbocycles. The number of hydrogen-bond donors (Lipinski definition) is 0. The summed E-state index contributed by atoms with van der Waals surface area (Å²) in [4.78, 5) is 17.8. The van der Waals surface area contributed by atoms with E-state index in [1.54, 1.807) is 0 Å². The molecule has 4 aliphatic carbocycles. The minimum atomic E-state index is -0.358. The van der Waals surface area contributed by atoms with E-state index >= 15 is 0 Å².